The van der Waals surface area contributed by atoms with Crippen molar-refractivity contribution in [2.45, 2.75) is 26.8 Å². The van der Waals surface area contributed by atoms with E-state index in [0.29, 0.717) is 25.1 Å². The standard InChI is InChI=1S/C11H18N2O4S/c1-3-17-11(14)10-8-12-13(9-10)6-5-7-18(15,16)4-2/h8-9H,3-7H2,1-2H3. The molecule has 0 fully saturated rings. The van der Waals surface area contributed by atoms with Crippen LogP contribution in [-0.2, 0) is 21.1 Å². The average molecular weight is 274 g/mol. The predicted molar refractivity (Wildman–Crippen MR) is 67.1 cm³/mol. The van der Waals surface area contributed by atoms with E-state index in [0.717, 1.165) is 0 Å². The van der Waals surface area contributed by atoms with E-state index in [1.54, 1.807) is 24.7 Å². The van der Waals surface area contributed by atoms with Crippen molar-refractivity contribution in [1.29, 1.82) is 0 Å². The fraction of sp³-hybridized carbons (Fsp3) is 0.636. The number of hydrogen-bond acceptors (Lipinski definition) is 5. The third-order valence-corrected chi connectivity index (χ3v) is 4.22. The number of aryl methyl sites for hydroxylation is 1. The summed E-state index contributed by atoms with van der Waals surface area (Å²) < 4.78 is 29.0. The smallest absolute Gasteiger partial charge is 0.341 e. The Labute approximate surface area is 107 Å². The molecule has 0 aliphatic carbocycles. The monoisotopic (exact) mass is 274 g/mol. The summed E-state index contributed by atoms with van der Waals surface area (Å²) in [6, 6.07) is 0. The average Bonchev–Trinajstić information content (AvgIpc) is 2.78. The molecule has 0 unspecified atom stereocenters. The maximum absolute atomic E-state index is 11.4. The van der Waals surface area contributed by atoms with Crippen molar-refractivity contribution in [3.8, 4) is 0 Å². The highest BCUT2D eigenvalue weighted by atomic mass is 32.2. The highest BCUT2D eigenvalue weighted by Crippen LogP contribution is 2.02. The van der Waals surface area contributed by atoms with Gasteiger partial charge in [0, 0.05) is 18.5 Å². The molecule has 0 N–H and O–H groups in total. The lowest BCUT2D eigenvalue weighted by molar-refractivity contribution is 0.0526. The molecule has 0 radical (unpaired) electrons. The van der Waals surface area contributed by atoms with Crippen LogP contribution >= 0.6 is 0 Å². The lowest BCUT2D eigenvalue weighted by Gasteiger charge is -2.02. The van der Waals surface area contributed by atoms with E-state index < -0.39 is 15.8 Å². The predicted octanol–water partition coefficient (Wildman–Crippen LogP) is 0.885. The summed E-state index contributed by atoms with van der Waals surface area (Å²) >= 11 is 0. The number of ether oxygens (including phenoxy) is 1. The second kappa shape index (κ2) is 6.53. The molecule has 0 aromatic carbocycles. The topological polar surface area (TPSA) is 78.3 Å². The summed E-state index contributed by atoms with van der Waals surface area (Å²) in [5, 5.41) is 3.99. The summed E-state index contributed by atoms with van der Waals surface area (Å²) in [4.78, 5) is 11.4. The Balaban J connectivity index is 2.47. The number of hydrogen-bond donors (Lipinski definition) is 0. The molecule has 1 heterocycles. The highest BCUT2D eigenvalue weighted by Gasteiger charge is 2.10. The van der Waals surface area contributed by atoms with Gasteiger partial charge in [-0.1, -0.05) is 6.92 Å². The van der Waals surface area contributed by atoms with Crippen molar-refractivity contribution in [3.05, 3.63) is 18.0 Å². The van der Waals surface area contributed by atoms with Gasteiger partial charge in [0.05, 0.1) is 24.1 Å². The number of rotatable bonds is 7. The Morgan fingerprint density at radius 2 is 2.17 bits per heavy atom. The molecule has 102 valence electrons. The van der Waals surface area contributed by atoms with Crippen LogP contribution < -0.4 is 0 Å². The minimum atomic E-state index is -2.94. The molecule has 0 amide bonds. The van der Waals surface area contributed by atoms with Crippen LogP contribution in [0.1, 0.15) is 30.6 Å². The minimum Gasteiger partial charge on any atom is -0.462 e. The summed E-state index contributed by atoms with van der Waals surface area (Å²) in [5.74, 6) is -0.122. The van der Waals surface area contributed by atoms with Gasteiger partial charge in [0.25, 0.3) is 0 Å². The number of sulfone groups is 1. The number of carbonyl (C=O) groups is 1. The van der Waals surface area contributed by atoms with Crippen LogP contribution in [0.15, 0.2) is 12.4 Å². The lowest BCUT2D eigenvalue weighted by Crippen LogP contribution is -2.11. The van der Waals surface area contributed by atoms with Crippen molar-refractivity contribution in [2.75, 3.05) is 18.1 Å². The normalized spacial score (nSPS) is 11.4. The molecule has 1 aromatic rings. The van der Waals surface area contributed by atoms with Crippen LogP contribution in [0.3, 0.4) is 0 Å². The second-order valence-corrected chi connectivity index (χ2v) is 6.28. The maximum Gasteiger partial charge on any atom is 0.341 e. The maximum atomic E-state index is 11.4. The van der Waals surface area contributed by atoms with Crippen molar-refractivity contribution in [2.24, 2.45) is 0 Å². The van der Waals surface area contributed by atoms with Gasteiger partial charge in [-0.25, -0.2) is 13.2 Å². The van der Waals surface area contributed by atoms with Gasteiger partial charge in [-0.3, -0.25) is 4.68 Å². The van der Waals surface area contributed by atoms with E-state index >= 15 is 0 Å². The van der Waals surface area contributed by atoms with Crippen molar-refractivity contribution < 1.29 is 17.9 Å². The molecule has 6 nitrogen and oxygen atoms in total. The number of nitrogens with zero attached hydrogens (tertiary/aromatic N) is 2. The Hall–Kier alpha value is -1.37. The molecule has 0 bridgehead atoms. The minimum absolute atomic E-state index is 0.137. The quantitative estimate of drug-likeness (QED) is 0.690. The Kier molecular flexibility index (Phi) is 5.33. The van der Waals surface area contributed by atoms with Gasteiger partial charge < -0.3 is 4.74 Å². The van der Waals surface area contributed by atoms with Gasteiger partial charge >= 0.3 is 5.97 Å². The van der Waals surface area contributed by atoms with E-state index in [4.69, 9.17) is 4.74 Å². The summed E-state index contributed by atoms with van der Waals surface area (Å²) in [7, 11) is -2.94. The van der Waals surface area contributed by atoms with Crippen molar-refractivity contribution in [1.82, 2.24) is 9.78 Å². The Bertz CT molecular complexity index is 493. The van der Waals surface area contributed by atoms with Gasteiger partial charge in [0.1, 0.15) is 9.84 Å². The molecule has 1 rings (SSSR count). The van der Waals surface area contributed by atoms with Gasteiger partial charge in [0.15, 0.2) is 0 Å². The van der Waals surface area contributed by atoms with E-state index in [1.807, 2.05) is 0 Å². The van der Waals surface area contributed by atoms with Crippen LogP contribution in [0.5, 0.6) is 0 Å². The van der Waals surface area contributed by atoms with E-state index in [2.05, 4.69) is 5.10 Å². The Morgan fingerprint density at radius 3 is 2.78 bits per heavy atom. The highest BCUT2D eigenvalue weighted by molar-refractivity contribution is 7.91. The summed E-state index contributed by atoms with van der Waals surface area (Å²) in [5.41, 5.74) is 0.384. The zero-order chi connectivity index (χ0) is 13.6. The van der Waals surface area contributed by atoms with Crippen molar-refractivity contribution >= 4 is 15.8 Å². The fourth-order valence-electron chi connectivity index (χ4n) is 1.40. The number of carbonyl (C=O) groups excluding carboxylic acids is 1. The van der Waals surface area contributed by atoms with Gasteiger partial charge in [-0.15, -0.1) is 0 Å². The molecule has 0 aliphatic heterocycles. The number of aromatic nitrogens is 2. The summed E-state index contributed by atoms with van der Waals surface area (Å²) in [6.45, 7) is 4.15. The van der Waals surface area contributed by atoms with E-state index in [9.17, 15) is 13.2 Å². The van der Waals surface area contributed by atoms with Crippen LogP contribution in [-0.4, -0.2) is 42.3 Å². The molecular weight excluding hydrogens is 256 g/mol. The van der Waals surface area contributed by atoms with Crippen LogP contribution in [0.4, 0.5) is 0 Å². The van der Waals surface area contributed by atoms with Gasteiger partial charge in [0.2, 0.25) is 0 Å². The first kappa shape index (κ1) is 14.7. The van der Waals surface area contributed by atoms with Crippen molar-refractivity contribution in [3.63, 3.8) is 0 Å². The second-order valence-electron chi connectivity index (χ2n) is 3.80. The van der Waals surface area contributed by atoms with Gasteiger partial charge in [-0.05, 0) is 13.3 Å². The van der Waals surface area contributed by atoms with Crippen LogP contribution in [0.2, 0.25) is 0 Å². The first-order valence-electron chi connectivity index (χ1n) is 5.88. The zero-order valence-corrected chi connectivity index (χ0v) is 11.4. The SMILES string of the molecule is CCOC(=O)c1cnn(CCCS(=O)(=O)CC)c1. The molecule has 1 aromatic heterocycles. The first-order chi connectivity index (χ1) is 8.48. The third-order valence-electron chi connectivity index (χ3n) is 2.43. The first-order valence-corrected chi connectivity index (χ1v) is 7.70. The summed E-state index contributed by atoms with van der Waals surface area (Å²) in [6.07, 6.45) is 3.48. The molecule has 18 heavy (non-hydrogen) atoms. The molecule has 0 aliphatic rings. The molecular formula is C11H18N2O4S. The molecule has 0 spiro atoms. The van der Waals surface area contributed by atoms with Crippen LogP contribution in [0, 0.1) is 0 Å². The van der Waals surface area contributed by atoms with E-state index in [-0.39, 0.29) is 11.5 Å². The largest absolute Gasteiger partial charge is 0.462 e. The lowest BCUT2D eigenvalue weighted by atomic mass is 10.4. The molecule has 0 saturated carbocycles. The van der Waals surface area contributed by atoms with E-state index in [1.165, 1.54) is 6.20 Å². The van der Waals surface area contributed by atoms with Gasteiger partial charge in [-0.2, -0.15) is 5.10 Å². The third kappa shape index (κ3) is 4.48. The number of esters is 1. The van der Waals surface area contributed by atoms with Crippen LogP contribution in [0.25, 0.3) is 0 Å². The zero-order valence-electron chi connectivity index (χ0n) is 10.6. The fourth-order valence-corrected chi connectivity index (χ4v) is 2.25. The Morgan fingerprint density at radius 1 is 1.44 bits per heavy atom. The molecule has 0 saturated heterocycles. The molecule has 0 atom stereocenters. The molecule has 7 heteroatoms.